The Balaban J connectivity index is -0.000000120. The number of rotatable bonds is 5. The van der Waals surface area contributed by atoms with Gasteiger partial charge >= 0.3 is 26.2 Å². The molecule has 17 heavy (non-hydrogen) atoms. The van der Waals surface area contributed by atoms with Crippen LogP contribution in [0.15, 0.2) is 0 Å². The summed E-state index contributed by atoms with van der Waals surface area (Å²) in [4.78, 5) is 30.0. The second-order valence-electron chi connectivity index (χ2n) is 2.42. The van der Waals surface area contributed by atoms with Crippen LogP contribution in [0.4, 0.5) is 0 Å². The van der Waals surface area contributed by atoms with Gasteiger partial charge in [0.1, 0.15) is 5.60 Å². The molecule has 2 radical (unpaired) electrons. The summed E-state index contributed by atoms with van der Waals surface area (Å²) in [7, 11) is 0. The van der Waals surface area contributed by atoms with E-state index >= 15 is 0 Å². The van der Waals surface area contributed by atoms with Crippen LogP contribution in [0.2, 0.25) is 0 Å². The smallest absolute Gasteiger partial charge is 0.550 e. The van der Waals surface area contributed by atoms with Gasteiger partial charge in [-0.2, -0.15) is 0 Å². The van der Waals surface area contributed by atoms with Crippen molar-refractivity contribution in [3.63, 3.8) is 0 Å². The molecule has 0 saturated carbocycles. The molecule has 100 valence electrons. The van der Waals surface area contributed by atoms with Gasteiger partial charge in [-0.05, 0) is 0 Å². The molecule has 0 aliphatic heterocycles. The molecule has 0 atom stereocenters. The van der Waals surface area contributed by atoms with E-state index in [1.807, 2.05) is 0 Å². The van der Waals surface area contributed by atoms with Gasteiger partial charge in [0, 0.05) is 24.8 Å². The largest absolute Gasteiger partial charge is 3.00 e. The number of aliphatic hydroxyl groups is 1. The third-order valence-corrected chi connectivity index (χ3v) is 1.25. The van der Waals surface area contributed by atoms with Crippen molar-refractivity contribution in [3.8, 4) is 0 Å². The summed E-state index contributed by atoms with van der Waals surface area (Å²) < 4.78 is 0. The maximum absolute atomic E-state index is 10.1. The minimum atomic E-state index is -2.97. The Kier molecular flexibility index (Phi) is 20.4. The first-order valence-corrected chi connectivity index (χ1v) is 3.11. The minimum Gasteiger partial charge on any atom is -0.550 e. The first kappa shape index (κ1) is 29.8. The number of aliphatic carboxylic acids is 3. The SMILES string of the molecule is N.N.O.O=C([O-])CC(O)(CC(=O)[O-])C(=O)[O-].[Bi+3]. The first-order chi connectivity index (χ1) is 5.78. The number of carboxylic acid groups (broad SMARTS) is 3. The van der Waals surface area contributed by atoms with Gasteiger partial charge in [0.25, 0.3) is 0 Å². The zero-order chi connectivity index (χ0) is 10.6. The molecule has 0 saturated heterocycles. The van der Waals surface area contributed by atoms with Crippen LogP contribution in [0, 0.1) is 0 Å². The van der Waals surface area contributed by atoms with Crippen LogP contribution in [-0.2, 0) is 14.4 Å². The molecule has 0 fully saturated rings. The van der Waals surface area contributed by atoms with Gasteiger partial charge in [0.2, 0.25) is 0 Å². The van der Waals surface area contributed by atoms with Crippen LogP contribution in [0.1, 0.15) is 12.8 Å². The van der Waals surface area contributed by atoms with E-state index in [9.17, 15) is 29.7 Å². The number of carboxylic acids is 3. The molecule has 11 heteroatoms. The molecule has 0 aromatic carbocycles. The Bertz CT molecular complexity index is 242. The Hall–Kier alpha value is -0.867. The van der Waals surface area contributed by atoms with E-state index in [4.69, 9.17) is 5.11 Å². The second kappa shape index (κ2) is 11.6. The zero-order valence-electron chi connectivity index (χ0n) is 8.67. The molecule has 0 unspecified atom stereocenters. The Morgan fingerprint density at radius 3 is 1.29 bits per heavy atom. The maximum atomic E-state index is 10.1. The van der Waals surface area contributed by atoms with Gasteiger partial charge in [0.05, 0.1) is 5.97 Å². The summed E-state index contributed by atoms with van der Waals surface area (Å²) in [6, 6.07) is 0. The monoisotopic (exact) mass is 450 g/mol. The molecule has 0 aliphatic carbocycles. The Morgan fingerprint density at radius 1 is 0.941 bits per heavy atom. The van der Waals surface area contributed by atoms with Gasteiger partial charge in [0.15, 0.2) is 0 Å². The van der Waals surface area contributed by atoms with Crippen LogP contribution >= 0.6 is 0 Å². The molecule has 0 aliphatic rings. The average molecular weight is 450 g/mol. The Labute approximate surface area is 115 Å². The van der Waals surface area contributed by atoms with Crippen LogP contribution < -0.4 is 27.6 Å². The van der Waals surface area contributed by atoms with E-state index in [1.54, 1.807) is 0 Å². The Morgan fingerprint density at radius 2 is 1.18 bits per heavy atom. The number of hydrogen-bond acceptors (Lipinski definition) is 9. The summed E-state index contributed by atoms with van der Waals surface area (Å²) in [5.41, 5.74) is -2.97. The third kappa shape index (κ3) is 11.4. The van der Waals surface area contributed by atoms with Crippen molar-refractivity contribution in [2.75, 3.05) is 0 Å². The number of carbonyl (C=O) groups is 3. The van der Waals surface area contributed by atoms with Crippen LogP contribution in [0.25, 0.3) is 0 Å². The van der Waals surface area contributed by atoms with Crippen molar-refractivity contribution in [2.45, 2.75) is 18.4 Å². The molecular weight excluding hydrogens is 437 g/mol. The molecule has 0 amide bonds. The van der Waals surface area contributed by atoms with Crippen molar-refractivity contribution in [1.82, 2.24) is 12.3 Å². The topological polar surface area (TPSA) is 242 Å². The molecule has 0 aromatic heterocycles. The van der Waals surface area contributed by atoms with Crippen molar-refractivity contribution < 1.29 is 40.3 Å². The number of carbonyl (C=O) groups excluding carboxylic acids is 3. The van der Waals surface area contributed by atoms with Crippen LogP contribution in [-0.4, -0.2) is 60.3 Å². The van der Waals surface area contributed by atoms with E-state index in [0.717, 1.165) is 0 Å². The van der Waals surface area contributed by atoms with Crippen molar-refractivity contribution in [1.29, 1.82) is 0 Å². The fourth-order valence-electron chi connectivity index (χ4n) is 0.684. The first-order valence-electron chi connectivity index (χ1n) is 3.11. The molecular formula is C6H13BiN2O8. The number of hydrogen-bond donors (Lipinski definition) is 3. The van der Waals surface area contributed by atoms with Crippen molar-refractivity contribution >= 4 is 44.1 Å². The van der Waals surface area contributed by atoms with E-state index < -0.39 is 36.4 Å². The minimum absolute atomic E-state index is 0. The average Bonchev–Trinajstić information content (AvgIpc) is 1.82. The fourth-order valence-corrected chi connectivity index (χ4v) is 0.684. The van der Waals surface area contributed by atoms with E-state index in [1.165, 1.54) is 0 Å². The van der Waals surface area contributed by atoms with Gasteiger partial charge in [-0.25, -0.2) is 0 Å². The fraction of sp³-hybridized carbons (Fsp3) is 0.500. The summed E-state index contributed by atoms with van der Waals surface area (Å²) in [5.74, 6) is -5.98. The normalized spacial score (nSPS) is 8.29. The molecule has 0 aromatic rings. The molecule has 9 N–H and O–H groups in total. The van der Waals surface area contributed by atoms with Crippen molar-refractivity contribution in [2.24, 2.45) is 0 Å². The molecule has 10 nitrogen and oxygen atoms in total. The van der Waals surface area contributed by atoms with Crippen LogP contribution in [0.5, 0.6) is 0 Å². The summed E-state index contributed by atoms with van der Waals surface area (Å²) in [6.07, 6.45) is -2.72. The van der Waals surface area contributed by atoms with Gasteiger partial charge < -0.3 is 52.6 Å². The third-order valence-electron chi connectivity index (χ3n) is 1.25. The van der Waals surface area contributed by atoms with E-state index in [0.29, 0.717) is 0 Å². The predicted octanol–water partition coefficient (Wildman–Crippen LogP) is -6.13. The summed E-state index contributed by atoms with van der Waals surface area (Å²) in [6.45, 7) is 0. The summed E-state index contributed by atoms with van der Waals surface area (Å²) in [5, 5.41) is 38.9. The van der Waals surface area contributed by atoms with Crippen molar-refractivity contribution in [3.05, 3.63) is 0 Å². The predicted molar refractivity (Wildman–Crippen MR) is 48.6 cm³/mol. The van der Waals surface area contributed by atoms with Gasteiger partial charge in [-0.1, -0.05) is 0 Å². The maximum Gasteiger partial charge on any atom is 3.00 e. The molecule has 0 rings (SSSR count). The van der Waals surface area contributed by atoms with Gasteiger partial charge in [-0.15, -0.1) is 0 Å². The molecule has 0 spiro atoms. The standard InChI is InChI=1S/C6H8O7.Bi.2H3N.H2O/c7-3(8)1-6(13,5(11)12)2-4(9)10;;;;/h13H,1-2H2,(H,7,8)(H,9,10)(H,11,12);;2*1H3;1H2/q;+3;;;/p-3. The van der Waals surface area contributed by atoms with E-state index in [2.05, 4.69) is 0 Å². The summed E-state index contributed by atoms with van der Waals surface area (Å²) >= 11 is 0. The zero-order valence-corrected chi connectivity index (χ0v) is 12.1. The second-order valence-corrected chi connectivity index (χ2v) is 2.42. The molecule has 0 heterocycles. The molecule has 0 bridgehead atoms. The van der Waals surface area contributed by atoms with Gasteiger partial charge in [-0.3, -0.25) is 0 Å². The quantitative estimate of drug-likeness (QED) is 0.337. The van der Waals surface area contributed by atoms with Crippen LogP contribution in [0.3, 0.4) is 0 Å². The van der Waals surface area contributed by atoms with E-state index in [-0.39, 0.29) is 44.0 Å².